The Balaban J connectivity index is 1.27. The number of Topliss-reactive ketones (excluding diaryl/α,β-unsaturated/α-hetero) is 1. The Bertz CT molecular complexity index is 1440. The van der Waals surface area contributed by atoms with E-state index in [1.165, 1.54) is 6.92 Å². The van der Waals surface area contributed by atoms with E-state index < -0.39 is 29.7 Å². The second-order valence-electron chi connectivity index (χ2n) is 13.6. The number of hydrogen-bond donors (Lipinski definition) is 0. The topological polar surface area (TPSA) is 99.2 Å². The van der Waals surface area contributed by atoms with Crippen molar-refractivity contribution in [2.45, 2.75) is 65.4 Å². The Morgan fingerprint density at radius 2 is 1.70 bits per heavy atom. The smallest absolute Gasteiger partial charge is 0.448 e. The highest BCUT2D eigenvalue weighted by Gasteiger charge is 2.70. The molecule has 0 radical (unpaired) electrons. The molecule has 2 saturated carbocycles. The molecule has 5 rings (SSSR count). The Kier molecular flexibility index (Phi) is 10.2. The normalized spacial score (nSPS) is 33.1. The molecule has 0 unspecified atom stereocenters. The number of esters is 1. The third kappa shape index (κ3) is 5.99. The van der Waals surface area contributed by atoms with Crippen LogP contribution in [0.1, 0.15) is 59.8 Å². The van der Waals surface area contributed by atoms with Crippen molar-refractivity contribution in [2.24, 2.45) is 34.5 Å². The molecule has 11 heteroatoms. The van der Waals surface area contributed by atoms with E-state index >= 15 is 0 Å². The van der Waals surface area contributed by atoms with Crippen LogP contribution >= 0.6 is 34.8 Å². The van der Waals surface area contributed by atoms with Crippen molar-refractivity contribution in [3.63, 3.8) is 0 Å². The molecule has 0 aliphatic heterocycles. The lowest BCUT2D eigenvalue weighted by Gasteiger charge is -2.57. The first-order chi connectivity index (χ1) is 21.8. The SMILES string of the molecule is CC(=O)[C@@]1(OC(=O)COC(=O)Oc2ccc(N(CCCl)CCCl)cc2)[C@H](C)C[C@H]2[C@@H]3C=C(Cl)C4=CC(=O)CC[C@]4(C)[C@H]3CC[C@@]21C. The van der Waals surface area contributed by atoms with Gasteiger partial charge in [-0.2, -0.15) is 0 Å². The number of ether oxygens (including phenoxy) is 3. The quantitative estimate of drug-likeness (QED) is 0.141. The van der Waals surface area contributed by atoms with E-state index in [0.717, 1.165) is 24.1 Å². The highest BCUT2D eigenvalue weighted by molar-refractivity contribution is 6.32. The van der Waals surface area contributed by atoms with E-state index in [9.17, 15) is 19.2 Å². The summed E-state index contributed by atoms with van der Waals surface area (Å²) in [7, 11) is 0. The summed E-state index contributed by atoms with van der Waals surface area (Å²) in [5.74, 6) is 0.275. The molecule has 4 aliphatic carbocycles. The fourth-order valence-electron chi connectivity index (χ4n) is 9.19. The monoisotopic (exact) mass is 693 g/mol. The van der Waals surface area contributed by atoms with Gasteiger partial charge in [0.05, 0.1) is 0 Å². The number of nitrogens with zero attached hydrogens (tertiary/aromatic N) is 1. The number of carbonyl (C=O) groups is 4. The summed E-state index contributed by atoms with van der Waals surface area (Å²) in [6, 6.07) is 6.78. The summed E-state index contributed by atoms with van der Waals surface area (Å²) in [6.45, 7) is 8.22. The van der Waals surface area contributed by atoms with Crippen LogP contribution in [0.15, 0.2) is 47.0 Å². The fourth-order valence-corrected chi connectivity index (χ4v) is 10.0. The van der Waals surface area contributed by atoms with Gasteiger partial charge < -0.3 is 19.1 Å². The van der Waals surface area contributed by atoms with Gasteiger partial charge in [-0.1, -0.05) is 38.4 Å². The molecule has 0 bridgehead atoms. The van der Waals surface area contributed by atoms with Gasteiger partial charge in [0, 0.05) is 53.3 Å². The number of anilines is 1. The molecule has 1 aromatic carbocycles. The third-order valence-corrected chi connectivity index (χ3v) is 12.0. The Morgan fingerprint density at radius 3 is 2.33 bits per heavy atom. The largest absolute Gasteiger partial charge is 0.514 e. The maximum absolute atomic E-state index is 13.5. The van der Waals surface area contributed by atoms with Gasteiger partial charge in [0.15, 0.2) is 23.8 Å². The van der Waals surface area contributed by atoms with Gasteiger partial charge >= 0.3 is 12.1 Å². The van der Waals surface area contributed by atoms with E-state index in [0.29, 0.717) is 49.1 Å². The van der Waals surface area contributed by atoms with E-state index in [1.807, 2.05) is 18.7 Å². The van der Waals surface area contributed by atoms with Gasteiger partial charge in [-0.15, -0.1) is 23.2 Å². The van der Waals surface area contributed by atoms with Crippen LogP contribution in [0.25, 0.3) is 0 Å². The summed E-state index contributed by atoms with van der Waals surface area (Å²) < 4.78 is 16.5. The second kappa shape index (κ2) is 13.5. The summed E-state index contributed by atoms with van der Waals surface area (Å²) in [5.41, 5.74) is -0.480. The van der Waals surface area contributed by atoms with Crippen LogP contribution in [0.2, 0.25) is 0 Å². The van der Waals surface area contributed by atoms with Crippen LogP contribution in [0, 0.1) is 34.5 Å². The van der Waals surface area contributed by atoms with E-state index in [1.54, 1.807) is 30.3 Å². The van der Waals surface area contributed by atoms with Gasteiger partial charge in [-0.25, -0.2) is 9.59 Å². The molecule has 0 aromatic heterocycles. The molecule has 0 heterocycles. The molecule has 250 valence electrons. The van der Waals surface area contributed by atoms with Crippen LogP contribution in [-0.2, 0) is 23.9 Å². The number of rotatable bonds is 10. The zero-order valence-electron chi connectivity index (χ0n) is 26.8. The summed E-state index contributed by atoms with van der Waals surface area (Å²) in [4.78, 5) is 53.6. The second-order valence-corrected chi connectivity index (χ2v) is 14.8. The van der Waals surface area contributed by atoms with Crippen molar-refractivity contribution in [1.29, 1.82) is 0 Å². The van der Waals surface area contributed by atoms with Crippen LogP contribution < -0.4 is 9.64 Å². The molecule has 0 spiro atoms. The number of ketones is 2. The lowest BCUT2D eigenvalue weighted by atomic mass is 9.48. The molecule has 0 amide bonds. The van der Waals surface area contributed by atoms with E-state index in [2.05, 4.69) is 13.0 Å². The van der Waals surface area contributed by atoms with Gasteiger partial charge in [-0.05, 0) is 91.7 Å². The number of halogens is 3. The van der Waals surface area contributed by atoms with Gasteiger partial charge in [-0.3, -0.25) is 9.59 Å². The lowest BCUT2D eigenvalue weighted by Crippen LogP contribution is -2.60. The third-order valence-electron chi connectivity index (χ3n) is 11.3. The zero-order chi connectivity index (χ0) is 33.4. The first-order valence-corrected chi connectivity index (χ1v) is 17.4. The van der Waals surface area contributed by atoms with Crippen LogP contribution in [-0.4, -0.2) is 60.7 Å². The van der Waals surface area contributed by atoms with Crippen molar-refractivity contribution in [1.82, 2.24) is 0 Å². The zero-order valence-corrected chi connectivity index (χ0v) is 29.1. The predicted octanol–water partition coefficient (Wildman–Crippen LogP) is 7.48. The molecule has 8 nitrogen and oxygen atoms in total. The average molecular weight is 695 g/mol. The maximum atomic E-state index is 13.5. The molecular formula is C35H42Cl3NO7. The molecule has 1 aromatic rings. The Labute approximate surface area is 285 Å². The Morgan fingerprint density at radius 1 is 1.02 bits per heavy atom. The van der Waals surface area contributed by atoms with Gasteiger partial charge in [0.25, 0.3) is 0 Å². The lowest BCUT2D eigenvalue weighted by molar-refractivity contribution is -0.194. The van der Waals surface area contributed by atoms with Gasteiger partial charge in [0.2, 0.25) is 0 Å². The molecule has 46 heavy (non-hydrogen) atoms. The van der Waals surface area contributed by atoms with E-state index in [-0.39, 0.29) is 46.4 Å². The molecule has 2 fully saturated rings. The highest BCUT2D eigenvalue weighted by Crippen LogP contribution is 2.69. The van der Waals surface area contributed by atoms with Crippen LogP contribution in [0.4, 0.5) is 10.5 Å². The molecule has 0 N–H and O–H groups in total. The maximum Gasteiger partial charge on any atom is 0.514 e. The molecule has 7 atom stereocenters. The fraction of sp³-hybridized carbons (Fsp3) is 0.600. The van der Waals surface area contributed by atoms with Crippen LogP contribution in [0.3, 0.4) is 0 Å². The van der Waals surface area contributed by atoms with Crippen molar-refractivity contribution in [3.8, 4) is 5.75 Å². The standard InChI is InChI=1S/C35H42Cl3NO7/c1-21-17-28-26-19-30(38)29-18-24(41)9-11-33(29,3)27(26)10-12-34(28,4)35(21,22(2)40)46-31(42)20-44-32(43)45-25-7-5-23(6-8-25)39(15-13-36)16-14-37/h5-8,18-19,21,26-28H,9-17,20H2,1-4H3/t21-,26-,27+,28+,33-,34+,35+/m1/s1. The number of alkyl halides is 2. The van der Waals surface area contributed by atoms with Crippen molar-refractivity contribution < 1.29 is 33.4 Å². The summed E-state index contributed by atoms with van der Waals surface area (Å²) >= 11 is 18.6. The van der Waals surface area contributed by atoms with Gasteiger partial charge in [0.1, 0.15) is 5.75 Å². The summed E-state index contributed by atoms with van der Waals surface area (Å²) in [6.07, 6.45) is 6.11. The predicted molar refractivity (Wildman–Crippen MR) is 178 cm³/mol. The van der Waals surface area contributed by atoms with E-state index in [4.69, 9.17) is 49.0 Å². The molecule has 0 saturated heterocycles. The number of carbonyl (C=O) groups excluding carboxylic acids is 4. The number of allylic oxidation sites excluding steroid dienone is 4. The minimum atomic E-state index is -1.39. The van der Waals surface area contributed by atoms with Crippen molar-refractivity contribution in [2.75, 3.05) is 36.4 Å². The minimum absolute atomic E-state index is 0.0290. The number of hydrogen-bond acceptors (Lipinski definition) is 8. The molecular weight excluding hydrogens is 653 g/mol. The number of benzene rings is 1. The van der Waals surface area contributed by atoms with Crippen LogP contribution in [0.5, 0.6) is 5.75 Å². The van der Waals surface area contributed by atoms with Crippen molar-refractivity contribution in [3.05, 3.63) is 47.0 Å². The molecule has 4 aliphatic rings. The highest BCUT2D eigenvalue weighted by atomic mass is 35.5. The number of fused-ring (bicyclic) bond motifs is 5. The summed E-state index contributed by atoms with van der Waals surface area (Å²) in [5, 5.41) is 0.607. The average Bonchev–Trinajstić information content (AvgIpc) is 3.24. The first kappa shape index (κ1) is 34.8. The Hall–Kier alpha value is -2.55. The van der Waals surface area contributed by atoms with Crippen molar-refractivity contribution >= 4 is 64.2 Å². The first-order valence-electron chi connectivity index (χ1n) is 16.0. The minimum Gasteiger partial charge on any atom is -0.448 e.